The first-order chi connectivity index (χ1) is 15.4. The summed E-state index contributed by atoms with van der Waals surface area (Å²) >= 11 is 8.84. The predicted octanol–water partition coefficient (Wildman–Crippen LogP) is 3.02. The van der Waals surface area contributed by atoms with Crippen LogP contribution in [0.2, 0.25) is 5.02 Å². The van der Waals surface area contributed by atoms with E-state index < -0.39 is 35.9 Å². The number of thiazole rings is 1. The predicted molar refractivity (Wildman–Crippen MR) is 120 cm³/mol. The second-order valence-corrected chi connectivity index (χ2v) is 10.1. The van der Waals surface area contributed by atoms with Gasteiger partial charge in [-0.3, -0.25) is 4.68 Å². The first kappa shape index (κ1) is 21.9. The van der Waals surface area contributed by atoms with Gasteiger partial charge in [0.05, 0.1) is 18.4 Å². The number of benzene rings is 1. The zero-order valence-electron chi connectivity index (χ0n) is 16.8. The lowest BCUT2D eigenvalue weighted by Gasteiger charge is -2.41. The molecule has 2 fully saturated rings. The summed E-state index contributed by atoms with van der Waals surface area (Å²) in [6.45, 7) is 2.04. The van der Waals surface area contributed by atoms with Crippen molar-refractivity contribution in [2.75, 3.05) is 6.61 Å². The van der Waals surface area contributed by atoms with Gasteiger partial charge in [0.2, 0.25) is 0 Å². The molecule has 4 unspecified atom stereocenters. The van der Waals surface area contributed by atoms with Crippen LogP contribution in [0.3, 0.4) is 0 Å². The summed E-state index contributed by atoms with van der Waals surface area (Å²) < 4.78 is 13.5. The molecule has 2 N–H and O–H groups in total. The fraction of sp³-hybridized carbons (Fsp3) is 0.381. The van der Waals surface area contributed by atoms with E-state index in [1.165, 1.54) is 23.1 Å². The van der Waals surface area contributed by atoms with Crippen molar-refractivity contribution in [2.24, 2.45) is 0 Å². The Bertz CT molecular complexity index is 1180. The highest BCUT2D eigenvalue weighted by Crippen LogP contribution is 2.43. The minimum Gasteiger partial charge on any atom is -0.388 e. The molecule has 6 atom stereocenters. The smallest absolute Gasteiger partial charge is 0.136 e. The lowest BCUT2D eigenvalue weighted by Crippen LogP contribution is -2.54. The fourth-order valence-corrected chi connectivity index (χ4v) is 6.16. The van der Waals surface area contributed by atoms with Gasteiger partial charge in [-0.15, -0.1) is 11.3 Å². The minimum atomic E-state index is -1.03. The van der Waals surface area contributed by atoms with E-state index in [1.54, 1.807) is 29.1 Å². The van der Waals surface area contributed by atoms with Crippen LogP contribution in [0.5, 0.6) is 0 Å². The zero-order valence-corrected chi connectivity index (χ0v) is 19.2. The molecule has 0 amide bonds. The van der Waals surface area contributed by atoms with Crippen molar-refractivity contribution in [2.45, 2.75) is 47.7 Å². The van der Waals surface area contributed by atoms with Gasteiger partial charge in [-0.25, -0.2) is 4.98 Å². The Morgan fingerprint density at radius 2 is 2.19 bits per heavy atom. The van der Waals surface area contributed by atoms with Crippen LogP contribution in [-0.2, 0) is 9.47 Å². The summed E-state index contributed by atoms with van der Waals surface area (Å²) in [6, 6.07) is 6.48. The van der Waals surface area contributed by atoms with Crippen LogP contribution in [0.1, 0.15) is 17.3 Å². The number of ether oxygens (including phenoxy) is 2. The average Bonchev–Trinajstić information content (AvgIpc) is 3.50. The standard InChI is InChI=1S/C21H19ClN4O4S2/c1-10-9-31-20(25-10)12-6-24-26(7-12)16-17(28)21(30-18-14(27)8-29-19(16)18)32-15-4-13(22)3-2-11(15)5-23/h2-4,6-7,9,14,16-19,21,27-28H,8H2,1H3/t14?,16?,17?,18?,19-,21-/m1/s1. The van der Waals surface area contributed by atoms with E-state index in [1.807, 2.05) is 18.5 Å². The molecular formula is C21H19ClN4O4S2. The summed E-state index contributed by atoms with van der Waals surface area (Å²) in [5.41, 5.74) is 1.43. The van der Waals surface area contributed by atoms with Crippen LogP contribution in [0, 0.1) is 18.3 Å². The molecule has 1 aromatic carbocycles. The Morgan fingerprint density at radius 1 is 1.34 bits per heavy atom. The normalized spacial score (nSPS) is 29.6. The first-order valence-corrected chi connectivity index (χ1v) is 12.0. The van der Waals surface area contributed by atoms with Crippen LogP contribution >= 0.6 is 34.7 Å². The van der Waals surface area contributed by atoms with Gasteiger partial charge in [-0.1, -0.05) is 23.4 Å². The maximum absolute atomic E-state index is 11.3. The molecule has 0 spiro atoms. The Balaban J connectivity index is 1.48. The van der Waals surface area contributed by atoms with E-state index >= 15 is 0 Å². The highest BCUT2D eigenvalue weighted by Gasteiger charge is 2.53. The summed E-state index contributed by atoms with van der Waals surface area (Å²) in [7, 11) is 0. The number of fused-ring (bicyclic) bond motifs is 1. The molecule has 0 radical (unpaired) electrons. The van der Waals surface area contributed by atoms with E-state index in [9.17, 15) is 15.5 Å². The maximum atomic E-state index is 11.3. The highest BCUT2D eigenvalue weighted by atomic mass is 35.5. The van der Waals surface area contributed by atoms with E-state index in [0.29, 0.717) is 15.5 Å². The Labute approximate surface area is 197 Å². The molecule has 2 saturated heterocycles. The number of thioether (sulfide) groups is 1. The quantitative estimate of drug-likeness (QED) is 0.573. The lowest BCUT2D eigenvalue weighted by atomic mass is 9.96. The minimum absolute atomic E-state index is 0.107. The number of rotatable bonds is 4. The SMILES string of the molecule is Cc1csc(-c2cnn(C3C(O)[C@@H](Sc4cc(Cl)ccc4C#N)OC4C(O)CO[C@@H]43)c2)n1. The topological polar surface area (TPSA) is 113 Å². The second kappa shape index (κ2) is 8.76. The molecule has 11 heteroatoms. The number of halogens is 1. The van der Waals surface area contributed by atoms with Crippen LogP contribution < -0.4 is 0 Å². The van der Waals surface area contributed by atoms with Crippen molar-refractivity contribution >= 4 is 34.7 Å². The van der Waals surface area contributed by atoms with Gasteiger partial charge in [0.15, 0.2) is 0 Å². The molecule has 5 rings (SSSR count). The Hall–Kier alpha value is -1.97. The van der Waals surface area contributed by atoms with Crippen LogP contribution in [0.25, 0.3) is 10.6 Å². The zero-order chi connectivity index (χ0) is 22.4. The van der Waals surface area contributed by atoms with Gasteiger partial charge in [0, 0.05) is 32.8 Å². The molecule has 2 aliphatic rings. The number of nitrogens with zero attached hydrogens (tertiary/aromatic N) is 4. The third kappa shape index (κ3) is 3.95. The number of nitriles is 1. The lowest BCUT2D eigenvalue weighted by molar-refractivity contribution is -0.161. The van der Waals surface area contributed by atoms with Crippen LogP contribution in [0.15, 0.2) is 40.9 Å². The molecule has 0 aliphatic carbocycles. The molecule has 32 heavy (non-hydrogen) atoms. The third-order valence-electron chi connectivity index (χ3n) is 5.50. The second-order valence-electron chi connectivity index (χ2n) is 7.69. The summed E-state index contributed by atoms with van der Waals surface area (Å²) in [5.74, 6) is 0. The molecule has 3 aromatic rings. The number of hydrogen-bond acceptors (Lipinski definition) is 9. The first-order valence-electron chi connectivity index (χ1n) is 9.91. The molecule has 8 nitrogen and oxygen atoms in total. The number of hydrogen-bond donors (Lipinski definition) is 2. The maximum Gasteiger partial charge on any atom is 0.136 e. The molecule has 2 aliphatic heterocycles. The van der Waals surface area contributed by atoms with Gasteiger partial charge in [-0.2, -0.15) is 10.4 Å². The molecule has 0 saturated carbocycles. The van der Waals surface area contributed by atoms with Crippen LogP contribution in [0.4, 0.5) is 0 Å². The van der Waals surface area contributed by atoms with Crippen molar-refractivity contribution in [3.05, 3.63) is 52.3 Å². The number of aliphatic hydroxyl groups excluding tert-OH is 2. The van der Waals surface area contributed by atoms with Gasteiger partial charge in [0.25, 0.3) is 0 Å². The number of aliphatic hydroxyl groups is 2. The average molecular weight is 491 g/mol. The van der Waals surface area contributed by atoms with Gasteiger partial charge in [0.1, 0.15) is 47.0 Å². The molecule has 2 aromatic heterocycles. The van der Waals surface area contributed by atoms with Gasteiger partial charge < -0.3 is 19.7 Å². The van der Waals surface area contributed by atoms with E-state index in [0.717, 1.165) is 16.3 Å². The van der Waals surface area contributed by atoms with Crippen molar-refractivity contribution < 1.29 is 19.7 Å². The number of aryl methyl sites for hydroxylation is 1. The van der Waals surface area contributed by atoms with Gasteiger partial charge >= 0.3 is 0 Å². The Kier molecular flexibility index (Phi) is 5.98. The van der Waals surface area contributed by atoms with Crippen molar-refractivity contribution in [1.82, 2.24) is 14.8 Å². The molecule has 0 bridgehead atoms. The van der Waals surface area contributed by atoms with Crippen molar-refractivity contribution in [3.8, 4) is 16.6 Å². The van der Waals surface area contributed by atoms with E-state index in [2.05, 4.69) is 16.2 Å². The molecule has 166 valence electrons. The third-order valence-corrected chi connectivity index (χ3v) is 7.96. The van der Waals surface area contributed by atoms with E-state index in [-0.39, 0.29) is 6.61 Å². The fourth-order valence-electron chi connectivity index (χ4n) is 3.98. The van der Waals surface area contributed by atoms with Crippen molar-refractivity contribution in [1.29, 1.82) is 5.26 Å². The highest BCUT2D eigenvalue weighted by molar-refractivity contribution is 7.99. The Morgan fingerprint density at radius 3 is 2.94 bits per heavy atom. The largest absolute Gasteiger partial charge is 0.388 e. The molecule has 4 heterocycles. The van der Waals surface area contributed by atoms with Crippen molar-refractivity contribution in [3.63, 3.8) is 0 Å². The summed E-state index contributed by atoms with van der Waals surface area (Å²) in [5, 5.41) is 38.9. The van der Waals surface area contributed by atoms with Gasteiger partial charge in [-0.05, 0) is 25.1 Å². The summed E-state index contributed by atoms with van der Waals surface area (Å²) in [6.07, 6.45) is 0.461. The monoisotopic (exact) mass is 490 g/mol. The van der Waals surface area contributed by atoms with E-state index in [4.69, 9.17) is 21.1 Å². The summed E-state index contributed by atoms with van der Waals surface area (Å²) in [4.78, 5) is 5.09. The van der Waals surface area contributed by atoms with Crippen LogP contribution in [-0.4, -0.2) is 61.4 Å². The molecular weight excluding hydrogens is 472 g/mol. The number of aromatic nitrogens is 3.